The maximum atomic E-state index is 12.8. The molecular weight excluding hydrogens is 765 g/mol. The van der Waals surface area contributed by atoms with Gasteiger partial charge in [0.2, 0.25) is 0 Å². The van der Waals surface area contributed by atoms with E-state index in [2.05, 4.69) is 13.8 Å². The number of rotatable bonds is 40. The molecule has 0 unspecified atom stereocenters. The zero-order chi connectivity index (χ0) is 42.7. The van der Waals surface area contributed by atoms with Crippen LogP contribution in [0.25, 0.3) is 0 Å². The Bertz CT molecular complexity index is 1090. The van der Waals surface area contributed by atoms with E-state index in [0.717, 1.165) is 38.5 Å². The molecule has 1 rings (SSSR count). The summed E-state index contributed by atoms with van der Waals surface area (Å²) in [6.45, 7) is 3.79. The third kappa shape index (κ3) is 30.6. The van der Waals surface area contributed by atoms with Gasteiger partial charge in [-0.2, -0.15) is 8.42 Å². The number of hydrogen-bond acceptors (Lipinski definition) is 11. The SMILES string of the molecule is CCCCCCCCCCCCCCCCCC(=O)OC[C@H](CO[C@@H]1O[C@H](CS(=O)(=O)O)[C@@H](O)[C@H](O)[C@H]1O)OC(=O)CCCCCCCCCCCCCCCCC. The maximum Gasteiger partial charge on any atom is 0.306 e. The highest BCUT2D eigenvalue weighted by Crippen LogP contribution is 2.24. The Labute approximate surface area is 353 Å². The van der Waals surface area contributed by atoms with Crippen molar-refractivity contribution in [3.8, 4) is 0 Å². The van der Waals surface area contributed by atoms with Gasteiger partial charge in [-0.25, -0.2) is 0 Å². The molecule has 1 saturated heterocycles. The zero-order valence-electron chi connectivity index (χ0n) is 36.7. The molecule has 0 spiro atoms. The van der Waals surface area contributed by atoms with E-state index in [0.29, 0.717) is 12.8 Å². The van der Waals surface area contributed by atoms with Gasteiger partial charge in [0.15, 0.2) is 12.4 Å². The van der Waals surface area contributed by atoms with Gasteiger partial charge >= 0.3 is 11.9 Å². The first-order chi connectivity index (χ1) is 28.0. The standard InChI is InChI=1S/C45H86O12S/c1-3-5-7-9-11-13-15-17-19-21-23-25-27-29-31-33-40(46)54-35-38(36-55-45-44(50)43(49)42(48)39(57-45)37-58(51,52)53)56-41(47)34-32-30-28-26-24-22-20-18-16-14-12-10-8-6-4-2/h38-39,42-45,48-50H,3-37H2,1-2H3,(H,51,52,53)/t38-,39-,42-,43+,44-,45-/m1/s1. The second-order valence-electron chi connectivity index (χ2n) is 16.8. The third-order valence-electron chi connectivity index (χ3n) is 11.2. The molecule has 1 aliphatic rings. The van der Waals surface area contributed by atoms with Crippen LogP contribution in [0.1, 0.15) is 219 Å². The minimum absolute atomic E-state index is 0.172. The molecular formula is C45H86O12S. The number of aliphatic hydroxyl groups excluding tert-OH is 3. The molecule has 0 aliphatic carbocycles. The van der Waals surface area contributed by atoms with Gasteiger partial charge in [0, 0.05) is 12.8 Å². The largest absolute Gasteiger partial charge is 0.462 e. The Morgan fingerprint density at radius 2 is 0.879 bits per heavy atom. The molecule has 6 atom stereocenters. The number of unbranched alkanes of at least 4 members (excludes halogenated alkanes) is 28. The van der Waals surface area contributed by atoms with Crippen molar-refractivity contribution in [3.63, 3.8) is 0 Å². The van der Waals surface area contributed by atoms with E-state index < -0.39 is 71.2 Å². The fourth-order valence-electron chi connectivity index (χ4n) is 7.50. The summed E-state index contributed by atoms with van der Waals surface area (Å²) >= 11 is 0. The van der Waals surface area contributed by atoms with E-state index in [1.54, 1.807) is 0 Å². The molecule has 0 bridgehead atoms. The van der Waals surface area contributed by atoms with Crippen LogP contribution in [0.4, 0.5) is 0 Å². The van der Waals surface area contributed by atoms with Gasteiger partial charge in [-0.15, -0.1) is 0 Å². The molecule has 0 amide bonds. The van der Waals surface area contributed by atoms with Gasteiger partial charge < -0.3 is 34.3 Å². The average molecular weight is 851 g/mol. The normalized spacial score (nSPS) is 20.3. The molecule has 13 heteroatoms. The van der Waals surface area contributed by atoms with Crippen molar-refractivity contribution in [2.75, 3.05) is 19.0 Å². The van der Waals surface area contributed by atoms with Crippen LogP contribution in [0.5, 0.6) is 0 Å². The van der Waals surface area contributed by atoms with Crippen LogP contribution in [-0.4, -0.2) is 96.0 Å². The van der Waals surface area contributed by atoms with Crippen LogP contribution in [0.3, 0.4) is 0 Å². The van der Waals surface area contributed by atoms with Gasteiger partial charge in [0.05, 0.1) is 6.61 Å². The molecule has 1 fully saturated rings. The Balaban J connectivity index is 2.41. The molecule has 1 aliphatic heterocycles. The first-order valence-electron chi connectivity index (χ1n) is 23.6. The molecule has 0 aromatic carbocycles. The fraction of sp³-hybridized carbons (Fsp3) is 0.956. The van der Waals surface area contributed by atoms with E-state index >= 15 is 0 Å². The topological polar surface area (TPSA) is 186 Å². The third-order valence-corrected chi connectivity index (χ3v) is 11.9. The summed E-state index contributed by atoms with van der Waals surface area (Å²) in [4.78, 5) is 25.4. The molecule has 1 heterocycles. The van der Waals surface area contributed by atoms with E-state index in [9.17, 15) is 37.9 Å². The predicted octanol–water partition coefficient (Wildman–Crippen LogP) is 9.68. The molecule has 0 aromatic heterocycles. The Morgan fingerprint density at radius 3 is 1.26 bits per heavy atom. The van der Waals surface area contributed by atoms with Crippen molar-refractivity contribution in [2.24, 2.45) is 0 Å². The van der Waals surface area contributed by atoms with Crippen molar-refractivity contribution in [1.82, 2.24) is 0 Å². The second kappa shape index (κ2) is 36.3. The number of carbonyl (C=O) groups is 2. The van der Waals surface area contributed by atoms with Crippen molar-refractivity contribution in [3.05, 3.63) is 0 Å². The fourth-order valence-corrected chi connectivity index (χ4v) is 8.19. The summed E-state index contributed by atoms with van der Waals surface area (Å²) < 4.78 is 54.1. The van der Waals surface area contributed by atoms with Gasteiger partial charge in [-0.1, -0.05) is 194 Å². The van der Waals surface area contributed by atoms with Gasteiger partial charge in [-0.05, 0) is 12.8 Å². The first kappa shape index (κ1) is 54.7. The van der Waals surface area contributed by atoms with E-state index in [1.165, 1.54) is 141 Å². The molecule has 4 N–H and O–H groups in total. The number of aliphatic hydroxyl groups is 3. The maximum absolute atomic E-state index is 12.8. The molecule has 58 heavy (non-hydrogen) atoms. The Kier molecular flexibility index (Phi) is 34.2. The van der Waals surface area contributed by atoms with E-state index in [4.69, 9.17) is 18.9 Å². The summed E-state index contributed by atoms with van der Waals surface area (Å²) in [5.41, 5.74) is 0. The summed E-state index contributed by atoms with van der Waals surface area (Å²) in [6, 6.07) is 0. The summed E-state index contributed by atoms with van der Waals surface area (Å²) in [5.74, 6) is -1.96. The monoisotopic (exact) mass is 851 g/mol. The number of ether oxygens (including phenoxy) is 4. The highest BCUT2D eigenvalue weighted by atomic mass is 32.2. The zero-order valence-corrected chi connectivity index (χ0v) is 37.5. The summed E-state index contributed by atoms with van der Waals surface area (Å²) in [6.07, 6.45) is 27.1. The lowest BCUT2D eigenvalue weighted by molar-refractivity contribution is -0.297. The van der Waals surface area contributed by atoms with Crippen LogP contribution in [-0.2, 0) is 38.7 Å². The molecule has 0 aromatic rings. The van der Waals surface area contributed by atoms with Crippen molar-refractivity contribution in [1.29, 1.82) is 0 Å². The van der Waals surface area contributed by atoms with Crippen LogP contribution in [0, 0.1) is 0 Å². The molecule has 12 nitrogen and oxygen atoms in total. The molecule has 344 valence electrons. The van der Waals surface area contributed by atoms with Gasteiger partial charge in [0.1, 0.15) is 36.8 Å². The van der Waals surface area contributed by atoms with Gasteiger partial charge in [0.25, 0.3) is 10.1 Å². The lowest BCUT2D eigenvalue weighted by Gasteiger charge is -2.40. The average Bonchev–Trinajstić information content (AvgIpc) is 3.18. The van der Waals surface area contributed by atoms with Crippen LogP contribution >= 0.6 is 0 Å². The lowest BCUT2D eigenvalue weighted by atomic mass is 10.00. The smallest absolute Gasteiger partial charge is 0.306 e. The number of hydrogen-bond donors (Lipinski definition) is 4. The van der Waals surface area contributed by atoms with Crippen molar-refractivity contribution >= 4 is 22.1 Å². The highest BCUT2D eigenvalue weighted by molar-refractivity contribution is 7.85. The number of carbonyl (C=O) groups excluding carboxylic acids is 2. The predicted molar refractivity (Wildman–Crippen MR) is 229 cm³/mol. The highest BCUT2D eigenvalue weighted by Gasteiger charge is 2.46. The summed E-state index contributed by atoms with van der Waals surface area (Å²) in [7, 11) is -4.60. The van der Waals surface area contributed by atoms with Crippen molar-refractivity contribution in [2.45, 2.75) is 256 Å². The van der Waals surface area contributed by atoms with Gasteiger partial charge in [-0.3, -0.25) is 14.1 Å². The second-order valence-corrected chi connectivity index (χ2v) is 18.3. The quantitative estimate of drug-likeness (QED) is 0.0260. The Morgan fingerprint density at radius 1 is 0.517 bits per heavy atom. The van der Waals surface area contributed by atoms with E-state index in [-0.39, 0.29) is 19.4 Å². The van der Waals surface area contributed by atoms with Crippen molar-refractivity contribution < 1.29 is 56.8 Å². The minimum Gasteiger partial charge on any atom is -0.462 e. The lowest BCUT2D eigenvalue weighted by Crippen LogP contribution is -2.60. The van der Waals surface area contributed by atoms with Crippen LogP contribution in [0.15, 0.2) is 0 Å². The number of esters is 2. The van der Waals surface area contributed by atoms with Crippen LogP contribution in [0.2, 0.25) is 0 Å². The Hall–Kier alpha value is -1.35. The molecule has 0 saturated carbocycles. The molecule has 0 radical (unpaired) electrons. The van der Waals surface area contributed by atoms with Crippen LogP contribution < -0.4 is 0 Å². The first-order valence-corrected chi connectivity index (χ1v) is 25.2. The van der Waals surface area contributed by atoms with E-state index in [1.807, 2.05) is 0 Å². The summed E-state index contributed by atoms with van der Waals surface area (Å²) in [5, 5.41) is 30.9. The minimum atomic E-state index is -4.60.